The first-order valence-corrected chi connectivity index (χ1v) is 6.39. The first kappa shape index (κ1) is 15.4. The zero-order chi connectivity index (χ0) is 14.3. The molecule has 0 bridgehead atoms. The van der Waals surface area contributed by atoms with Crippen LogP contribution >= 0.6 is 0 Å². The number of benzene rings is 1. The maximum atomic E-state index is 13.4. The van der Waals surface area contributed by atoms with Crippen molar-refractivity contribution in [3.63, 3.8) is 0 Å². The van der Waals surface area contributed by atoms with E-state index in [2.05, 4.69) is 5.32 Å². The molecule has 5 heteroatoms. The SMILES string of the molecule is CC(C)OCCCCNC(=O)c1c(O)cccc1F. The van der Waals surface area contributed by atoms with Gasteiger partial charge in [0, 0.05) is 13.2 Å². The molecule has 4 nitrogen and oxygen atoms in total. The summed E-state index contributed by atoms with van der Waals surface area (Å²) in [5.41, 5.74) is -0.305. The van der Waals surface area contributed by atoms with E-state index >= 15 is 0 Å². The minimum atomic E-state index is -0.722. The summed E-state index contributed by atoms with van der Waals surface area (Å²) in [7, 11) is 0. The molecule has 0 heterocycles. The molecule has 0 fully saturated rings. The number of halogens is 1. The molecule has 2 N–H and O–H groups in total. The van der Waals surface area contributed by atoms with Crippen molar-refractivity contribution in [3.8, 4) is 5.75 Å². The number of phenols is 1. The van der Waals surface area contributed by atoms with Gasteiger partial charge in [-0.2, -0.15) is 0 Å². The van der Waals surface area contributed by atoms with Gasteiger partial charge in [-0.05, 0) is 38.8 Å². The topological polar surface area (TPSA) is 58.6 Å². The fourth-order valence-electron chi connectivity index (χ4n) is 1.57. The predicted octanol–water partition coefficient (Wildman–Crippen LogP) is 2.47. The highest BCUT2D eigenvalue weighted by Gasteiger charge is 2.15. The lowest BCUT2D eigenvalue weighted by Crippen LogP contribution is -2.25. The number of carbonyl (C=O) groups excluding carboxylic acids is 1. The summed E-state index contributed by atoms with van der Waals surface area (Å²) in [5.74, 6) is -1.67. The molecule has 0 aromatic heterocycles. The van der Waals surface area contributed by atoms with Crippen molar-refractivity contribution < 1.29 is 19.0 Å². The van der Waals surface area contributed by atoms with Crippen LogP contribution in [0.2, 0.25) is 0 Å². The molecule has 1 aromatic carbocycles. The van der Waals surface area contributed by atoms with E-state index in [0.717, 1.165) is 18.9 Å². The lowest BCUT2D eigenvalue weighted by molar-refractivity contribution is 0.0754. The molecule has 0 atom stereocenters. The van der Waals surface area contributed by atoms with Crippen molar-refractivity contribution in [2.75, 3.05) is 13.2 Å². The van der Waals surface area contributed by atoms with Gasteiger partial charge in [-0.3, -0.25) is 4.79 Å². The summed E-state index contributed by atoms with van der Waals surface area (Å²) in [6.07, 6.45) is 1.76. The molecular formula is C14H20FNO3. The number of nitrogens with one attached hydrogen (secondary N) is 1. The second kappa shape index (κ2) is 7.74. The molecule has 0 spiro atoms. The fraction of sp³-hybridized carbons (Fsp3) is 0.500. The van der Waals surface area contributed by atoms with E-state index in [1.54, 1.807) is 0 Å². The van der Waals surface area contributed by atoms with Crippen LogP contribution in [0.15, 0.2) is 18.2 Å². The van der Waals surface area contributed by atoms with E-state index in [4.69, 9.17) is 4.74 Å². The predicted molar refractivity (Wildman–Crippen MR) is 70.7 cm³/mol. The third kappa shape index (κ3) is 5.26. The van der Waals surface area contributed by atoms with Crippen molar-refractivity contribution in [1.29, 1.82) is 0 Å². The monoisotopic (exact) mass is 269 g/mol. The molecule has 19 heavy (non-hydrogen) atoms. The Bertz CT molecular complexity index is 401. The Kier molecular flexibility index (Phi) is 6.29. The number of phenolic OH excluding ortho intramolecular Hbond substituents is 1. The van der Waals surface area contributed by atoms with Crippen LogP contribution in [0.1, 0.15) is 37.0 Å². The smallest absolute Gasteiger partial charge is 0.258 e. The van der Waals surface area contributed by atoms with Crippen LogP contribution in [0.5, 0.6) is 5.75 Å². The largest absolute Gasteiger partial charge is 0.507 e. The van der Waals surface area contributed by atoms with Gasteiger partial charge in [0.2, 0.25) is 0 Å². The number of hydrogen-bond acceptors (Lipinski definition) is 3. The average Bonchev–Trinajstić information content (AvgIpc) is 2.33. The third-order valence-corrected chi connectivity index (χ3v) is 2.53. The van der Waals surface area contributed by atoms with Gasteiger partial charge in [0.1, 0.15) is 17.1 Å². The van der Waals surface area contributed by atoms with E-state index in [1.165, 1.54) is 12.1 Å². The van der Waals surface area contributed by atoms with Gasteiger partial charge in [0.15, 0.2) is 0 Å². The Balaban J connectivity index is 2.32. The summed E-state index contributed by atoms with van der Waals surface area (Å²) in [5, 5.41) is 12.0. The molecule has 1 amide bonds. The lowest BCUT2D eigenvalue weighted by atomic mass is 10.1. The molecule has 0 radical (unpaired) electrons. The Hall–Kier alpha value is -1.62. The molecule has 0 saturated heterocycles. The molecule has 0 aliphatic heterocycles. The van der Waals surface area contributed by atoms with Crippen molar-refractivity contribution in [2.24, 2.45) is 0 Å². The van der Waals surface area contributed by atoms with E-state index < -0.39 is 11.7 Å². The Morgan fingerprint density at radius 2 is 2.16 bits per heavy atom. The molecule has 0 aliphatic rings. The number of unbranched alkanes of at least 4 members (excludes halogenated alkanes) is 1. The molecular weight excluding hydrogens is 249 g/mol. The van der Waals surface area contributed by atoms with Crippen LogP contribution in [0.4, 0.5) is 4.39 Å². The van der Waals surface area contributed by atoms with Crippen LogP contribution < -0.4 is 5.32 Å². The van der Waals surface area contributed by atoms with Crippen molar-refractivity contribution in [1.82, 2.24) is 5.32 Å². The summed E-state index contributed by atoms with van der Waals surface area (Å²) in [6.45, 7) is 4.98. The first-order chi connectivity index (χ1) is 9.02. The van der Waals surface area contributed by atoms with Crippen molar-refractivity contribution in [2.45, 2.75) is 32.8 Å². The Morgan fingerprint density at radius 3 is 2.79 bits per heavy atom. The normalized spacial score (nSPS) is 10.7. The van der Waals surface area contributed by atoms with Gasteiger partial charge < -0.3 is 15.2 Å². The van der Waals surface area contributed by atoms with Crippen LogP contribution in [-0.4, -0.2) is 30.3 Å². The van der Waals surface area contributed by atoms with E-state index in [1.807, 2.05) is 13.8 Å². The van der Waals surface area contributed by atoms with Crippen molar-refractivity contribution >= 4 is 5.91 Å². The summed E-state index contributed by atoms with van der Waals surface area (Å²) in [4.78, 5) is 11.7. The van der Waals surface area contributed by atoms with E-state index in [0.29, 0.717) is 13.2 Å². The summed E-state index contributed by atoms with van der Waals surface area (Å²) >= 11 is 0. The van der Waals surface area contributed by atoms with Crippen LogP contribution in [0, 0.1) is 5.82 Å². The molecule has 0 unspecified atom stereocenters. The molecule has 0 aliphatic carbocycles. The zero-order valence-corrected chi connectivity index (χ0v) is 11.3. The van der Waals surface area contributed by atoms with Crippen LogP contribution in [-0.2, 0) is 4.74 Å². The molecule has 1 rings (SSSR count). The van der Waals surface area contributed by atoms with Crippen LogP contribution in [0.25, 0.3) is 0 Å². The number of aromatic hydroxyl groups is 1. The Morgan fingerprint density at radius 1 is 1.42 bits per heavy atom. The highest BCUT2D eigenvalue weighted by atomic mass is 19.1. The lowest BCUT2D eigenvalue weighted by Gasteiger charge is -2.09. The second-order valence-electron chi connectivity index (χ2n) is 4.52. The average molecular weight is 269 g/mol. The Labute approximate surface area is 112 Å². The highest BCUT2D eigenvalue weighted by molar-refractivity contribution is 5.97. The number of rotatable bonds is 7. The minimum absolute atomic E-state index is 0.199. The van der Waals surface area contributed by atoms with Gasteiger partial charge in [-0.15, -0.1) is 0 Å². The third-order valence-electron chi connectivity index (χ3n) is 2.53. The fourth-order valence-corrected chi connectivity index (χ4v) is 1.57. The number of carbonyl (C=O) groups is 1. The summed E-state index contributed by atoms with van der Waals surface area (Å²) in [6, 6.07) is 3.78. The van der Waals surface area contributed by atoms with E-state index in [-0.39, 0.29) is 17.4 Å². The van der Waals surface area contributed by atoms with Gasteiger partial charge in [-0.25, -0.2) is 4.39 Å². The zero-order valence-electron chi connectivity index (χ0n) is 11.3. The van der Waals surface area contributed by atoms with Gasteiger partial charge in [0.25, 0.3) is 5.91 Å². The summed E-state index contributed by atoms with van der Waals surface area (Å²) < 4.78 is 18.7. The highest BCUT2D eigenvalue weighted by Crippen LogP contribution is 2.19. The van der Waals surface area contributed by atoms with Gasteiger partial charge >= 0.3 is 0 Å². The van der Waals surface area contributed by atoms with E-state index in [9.17, 15) is 14.3 Å². The van der Waals surface area contributed by atoms with Gasteiger partial charge in [-0.1, -0.05) is 6.07 Å². The number of ether oxygens (including phenoxy) is 1. The van der Waals surface area contributed by atoms with Crippen LogP contribution in [0.3, 0.4) is 0 Å². The maximum Gasteiger partial charge on any atom is 0.258 e. The second-order valence-corrected chi connectivity index (χ2v) is 4.52. The number of amides is 1. The molecule has 0 saturated carbocycles. The minimum Gasteiger partial charge on any atom is -0.507 e. The maximum absolute atomic E-state index is 13.4. The van der Waals surface area contributed by atoms with Gasteiger partial charge in [0.05, 0.1) is 6.10 Å². The van der Waals surface area contributed by atoms with Crippen molar-refractivity contribution in [3.05, 3.63) is 29.6 Å². The number of hydrogen-bond donors (Lipinski definition) is 2. The first-order valence-electron chi connectivity index (χ1n) is 6.39. The quantitative estimate of drug-likeness (QED) is 0.748. The molecule has 1 aromatic rings. The molecule has 106 valence electrons. The standard InChI is InChI=1S/C14H20FNO3/c1-10(2)19-9-4-3-8-16-14(18)13-11(15)6-5-7-12(13)17/h5-7,10,17H,3-4,8-9H2,1-2H3,(H,16,18).